The van der Waals surface area contributed by atoms with E-state index >= 15 is 0 Å². The lowest BCUT2D eigenvalue weighted by atomic mass is 9.75. The number of nitrogens with zero attached hydrogens (tertiary/aromatic N) is 1. The van der Waals surface area contributed by atoms with Crippen molar-refractivity contribution in [3.63, 3.8) is 0 Å². The van der Waals surface area contributed by atoms with Gasteiger partial charge in [-0.15, -0.1) is 0 Å². The number of esters is 1. The first-order valence-electron chi connectivity index (χ1n) is 11.9. The maximum Gasteiger partial charge on any atom is 0.323 e. The van der Waals surface area contributed by atoms with Gasteiger partial charge in [-0.2, -0.15) is 0 Å². The second-order valence-corrected chi connectivity index (χ2v) is 10.8. The molecule has 35 heavy (non-hydrogen) atoms. The molecule has 4 unspecified atom stereocenters. The largest absolute Gasteiger partial charge is 0.461 e. The molecule has 2 aliphatic rings. The third-order valence-corrected chi connectivity index (χ3v) is 7.61. The Kier molecular flexibility index (Phi) is 7.40. The summed E-state index contributed by atoms with van der Waals surface area (Å²) in [4.78, 5) is 41.0. The van der Waals surface area contributed by atoms with Crippen LogP contribution in [0.5, 0.6) is 0 Å². The van der Waals surface area contributed by atoms with Crippen molar-refractivity contribution in [2.75, 3.05) is 0 Å². The summed E-state index contributed by atoms with van der Waals surface area (Å²) in [5.74, 6) is -4.31. The Balaban J connectivity index is 1.68. The van der Waals surface area contributed by atoms with E-state index in [-0.39, 0.29) is 41.2 Å². The third-order valence-electron chi connectivity index (χ3n) is 7.12. The molecule has 0 bridgehead atoms. The standard InChI is InChI=1S/C27H28BrF2NO4/c1-14(2)19-8-4-15(3)10-23(19)35-27(34)24-21-12-18(29)7-9-20(21)25(32)31(26(24)33)13-16-5-6-17(28)11-22(16)30/h5-7,9,11-12,14-15,19,23-24H,4,8,10,13H2,1-3H3. The van der Waals surface area contributed by atoms with Gasteiger partial charge in [-0.25, -0.2) is 8.78 Å². The van der Waals surface area contributed by atoms with Crippen LogP contribution in [0.1, 0.15) is 67.4 Å². The van der Waals surface area contributed by atoms with Crippen molar-refractivity contribution < 1.29 is 27.9 Å². The van der Waals surface area contributed by atoms with Gasteiger partial charge >= 0.3 is 5.97 Å². The van der Waals surface area contributed by atoms with Gasteiger partial charge in [-0.1, -0.05) is 49.2 Å². The quantitative estimate of drug-likeness (QED) is 0.261. The van der Waals surface area contributed by atoms with Gasteiger partial charge in [0, 0.05) is 15.6 Å². The molecular formula is C27H28BrF2NO4. The van der Waals surface area contributed by atoms with E-state index in [1.165, 1.54) is 18.2 Å². The lowest BCUT2D eigenvalue weighted by Crippen LogP contribution is -2.48. The number of amides is 2. The third kappa shape index (κ3) is 5.17. The Hall–Kier alpha value is -2.61. The maximum absolute atomic E-state index is 14.5. The van der Waals surface area contributed by atoms with E-state index in [1.807, 2.05) is 0 Å². The molecule has 186 valence electrons. The van der Waals surface area contributed by atoms with Crippen LogP contribution in [0.15, 0.2) is 40.9 Å². The van der Waals surface area contributed by atoms with Gasteiger partial charge in [0.2, 0.25) is 5.91 Å². The van der Waals surface area contributed by atoms with Crippen molar-refractivity contribution in [3.8, 4) is 0 Å². The summed E-state index contributed by atoms with van der Waals surface area (Å²) in [6, 6.07) is 7.69. The van der Waals surface area contributed by atoms with Crippen molar-refractivity contribution in [3.05, 3.63) is 69.2 Å². The maximum atomic E-state index is 14.5. The fourth-order valence-corrected chi connectivity index (χ4v) is 5.50. The van der Waals surface area contributed by atoms with Crippen molar-refractivity contribution in [2.24, 2.45) is 17.8 Å². The Morgan fingerprint density at radius 2 is 1.89 bits per heavy atom. The Morgan fingerprint density at radius 1 is 1.14 bits per heavy atom. The van der Waals surface area contributed by atoms with Gasteiger partial charge in [0.25, 0.3) is 5.91 Å². The molecule has 2 aromatic carbocycles. The van der Waals surface area contributed by atoms with E-state index in [4.69, 9.17) is 4.74 Å². The van der Waals surface area contributed by atoms with Crippen LogP contribution < -0.4 is 0 Å². The Labute approximate surface area is 212 Å². The summed E-state index contributed by atoms with van der Waals surface area (Å²) in [5.41, 5.74) is 0.138. The number of carbonyl (C=O) groups is 3. The van der Waals surface area contributed by atoms with E-state index in [2.05, 4.69) is 36.7 Å². The van der Waals surface area contributed by atoms with Gasteiger partial charge < -0.3 is 4.74 Å². The van der Waals surface area contributed by atoms with E-state index < -0.39 is 35.3 Å². The highest BCUT2D eigenvalue weighted by Gasteiger charge is 2.45. The van der Waals surface area contributed by atoms with Crippen LogP contribution in [0, 0.1) is 29.4 Å². The van der Waals surface area contributed by atoms with E-state index in [1.54, 1.807) is 6.07 Å². The van der Waals surface area contributed by atoms with Gasteiger partial charge in [0.1, 0.15) is 17.7 Å². The van der Waals surface area contributed by atoms with Crippen LogP contribution in [-0.4, -0.2) is 28.8 Å². The van der Waals surface area contributed by atoms with Crippen molar-refractivity contribution in [1.82, 2.24) is 4.90 Å². The van der Waals surface area contributed by atoms with E-state index in [9.17, 15) is 23.2 Å². The van der Waals surface area contributed by atoms with Crippen molar-refractivity contribution in [2.45, 2.75) is 58.6 Å². The number of ether oxygens (including phenoxy) is 1. The zero-order valence-electron chi connectivity index (χ0n) is 19.9. The van der Waals surface area contributed by atoms with Crippen LogP contribution in [-0.2, 0) is 20.9 Å². The van der Waals surface area contributed by atoms with Gasteiger partial charge in [0.15, 0.2) is 5.92 Å². The van der Waals surface area contributed by atoms with E-state index in [0.717, 1.165) is 29.9 Å². The first kappa shape index (κ1) is 25.5. The molecule has 4 atom stereocenters. The Bertz CT molecular complexity index is 1170. The highest BCUT2D eigenvalue weighted by molar-refractivity contribution is 9.10. The number of carbonyl (C=O) groups excluding carboxylic acids is 3. The van der Waals surface area contributed by atoms with Crippen LogP contribution in [0.25, 0.3) is 0 Å². The van der Waals surface area contributed by atoms with Gasteiger partial charge in [-0.05, 0) is 66.5 Å². The average molecular weight is 548 g/mol. The minimum absolute atomic E-state index is 0.0116. The van der Waals surface area contributed by atoms with Crippen LogP contribution in [0.2, 0.25) is 0 Å². The number of hydrogen-bond donors (Lipinski definition) is 0. The second-order valence-electron chi connectivity index (χ2n) is 9.93. The summed E-state index contributed by atoms with van der Waals surface area (Å²) >= 11 is 3.18. The molecule has 0 radical (unpaired) electrons. The van der Waals surface area contributed by atoms with Crippen LogP contribution >= 0.6 is 15.9 Å². The molecule has 0 aromatic heterocycles. The molecule has 0 spiro atoms. The molecule has 0 N–H and O–H groups in total. The smallest absolute Gasteiger partial charge is 0.323 e. The van der Waals surface area contributed by atoms with E-state index in [0.29, 0.717) is 16.8 Å². The molecular weight excluding hydrogens is 520 g/mol. The fourth-order valence-electron chi connectivity index (χ4n) is 5.17. The van der Waals surface area contributed by atoms with Crippen LogP contribution in [0.3, 0.4) is 0 Å². The first-order chi connectivity index (χ1) is 16.6. The van der Waals surface area contributed by atoms with Gasteiger partial charge in [-0.3, -0.25) is 19.3 Å². The van der Waals surface area contributed by atoms with Crippen LogP contribution in [0.4, 0.5) is 8.78 Å². The number of fused-ring (bicyclic) bond motifs is 1. The number of hydrogen-bond acceptors (Lipinski definition) is 4. The zero-order chi connectivity index (χ0) is 25.4. The molecule has 0 saturated heterocycles. The highest BCUT2D eigenvalue weighted by Crippen LogP contribution is 2.38. The predicted octanol–water partition coefficient (Wildman–Crippen LogP) is 6.00. The zero-order valence-corrected chi connectivity index (χ0v) is 21.5. The monoisotopic (exact) mass is 547 g/mol. The average Bonchev–Trinajstić information content (AvgIpc) is 2.77. The SMILES string of the molecule is CC1CCC(C(C)C)C(OC(=O)C2C(=O)N(Cc3ccc(Br)cc3F)C(=O)c3ccc(F)cc32)C1. The summed E-state index contributed by atoms with van der Waals surface area (Å²) in [6.45, 7) is 5.89. The molecule has 1 heterocycles. The highest BCUT2D eigenvalue weighted by atomic mass is 79.9. The molecule has 1 aliphatic heterocycles. The summed E-state index contributed by atoms with van der Waals surface area (Å²) in [7, 11) is 0. The minimum Gasteiger partial charge on any atom is -0.461 e. The lowest BCUT2D eigenvalue weighted by Gasteiger charge is -2.38. The fraction of sp³-hybridized carbons (Fsp3) is 0.444. The topological polar surface area (TPSA) is 63.7 Å². The molecule has 2 aromatic rings. The summed E-state index contributed by atoms with van der Waals surface area (Å²) in [6.07, 6.45) is 2.26. The molecule has 8 heteroatoms. The molecule has 1 aliphatic carbocycles. The Morgan fingerprint density at radius 3 is 2.57 bits per heavy atom. The molecule has 2 amide bonds. The summed E-state index contributed by atoms with van der Waals surface area (Å²) in [5, 5.41) is 0. The molecule has 4 rings (SSSR count). The van der Waals surface area contributed by atoms with Crippen molar-refractivity contribution in [1.29, 1.82) is 0 Å². The molecule has 1 fully saturated rings. The molecule has 5 nitrogen and oxygen atoms in total. The lowest BCUT2D eigenvalue weighted by molar-refractivity contribution is -0.161. The number of rotatable bonds is 5. The van der Waals surface area contributed by atoms with Crippen molar-refractivity contribution >= 4 is 33.7 Å². The second kappa shape index (κ2) is 10.2. The minimum atomic E-state index is -1.50. The first-order valence-corrected chi connectivity index (χ1v) is 12.7. The summed E-state index contributed by atoms with van der Waals surface area (Å²) < 4.78 is 35.1. The number of imide groups is 1. The normalized spacial score (nSPS) is 24.5. The predicted molar refractivity (Wildman–Crippen MR) is 129 cm³/mol. The number of halogens is 3. The number of benzene rings is 2. The van der Waals surface area contributed by atoms with Gasteiger partial charge in [0.05, 0.1) is 6.54 Å². The molecule has 1 saturated carbocycles.